The molecule has 0 aromatic carbocycles. The third-order valence-corrected chi connectivity index (χ3v) is 7.52. The summed E-state index contributed by atoms with van der Waals surface area (Å²) in [4.78, 5) is 49.5. The number of halogens is 4. The molecule has 0 spiro atoms. The average Bonchev–Trinajstić information content (AvgIpc) is 3.10. The zero-order valence-electron chi connectivity index (χ0n) is 22.9. The fourth-order valence-electron chi connectivity index (χ4n) is 3.60. The molecule has 1 aromatic rings. The number of aromatic amines is 1. The van der Waals surface area contributed by atoms with Gasteiger partial charge in [0, 0.05) is 0 Å². The van der Waals surface area contributed by atoms with Crippen LogP contribution in [-0.4, -0.2) is 81.8 Å². The Morgan fingerprint density at radius 1 is 1.10 bits per heavy atom. The van der Waals surface area contributed by atoms with E-state index >= 15 is 4.39 Å². The van der Waals surface area contributed by atoms with Gasteiger partial charge in [-0.05, 0) is 41.5 Å². The van der Waals surface area contributed by atoms with Crippen LogP contribution >= 0.6 is 7.67 Å². The number of ether oxygens (including phenoxy) is 3. The average molecular weight is 620 g/mol. The second-order valence-corrected chi connectivity index (χ2v) is 11.7. The molecule has 0 bridgehead atoms. The van der Waals surface area contributed by atoms with Crippen LogP contribution in [0, 0.1) is 5.82 Å². The van der Waals surface area contributed by atoms with Gasteiger partial charge in [0.25, 0.3) is 12.0 Å². The van der Waals surface area contributed by atoms with Gasteiger partial charge in [0.1, 0.15) is 18.2 Å². The summed E-state index contributed by atoms with van der Waals surface area (Å²) in [5.74, 6) is -3.45. The lowest BCUT2D eigenvalue weighted by Gasteiger charge is -2.33. The van der Waals surface area contributed by atoms with Crippen LogP contribution in [0.15, 0.2) is 15.8 Å². The number of nitrogens with zero attached hydrogens (tertiary/aromatic N) is 1. The van der Waals surface area contributed by atoms with Crippen molar-refractivity contribution in [1.82, 2.24) is 19.7 Å². The van der Waals surface area contributed by atoms with Gasteiger partial charge in [0.15, 0.2) is 18.0 Å². The molecule has 234 valence electrons. The minimum absolute atomic E-state index is 0.155. The highest BCUT2D eigenvalue weighted by Crippen LogP contribution is 2.47. The molecule has 0 aliphatic carbocycles. The summed E-state index contributed by atoms with van der Waals surface area (Å²) < 4.78 is 91.8. The van der Waals surface area contributed by atoms with E-state index in [1.807, 2.05) is 0 Å². The van der Waals surface area contributed by atoms with Gasteiger partial charge in [-0.2, -0.15) is 4.39 Å². The number of carbonyl (C=O) groups is 2. The molecular weight excluding hydrogens is 587 g/mol. The van der Waals surface area contributed by atoms with Gasteiger partial charge in [0.2, 0.25) is 5.82 Å². The second-order valence-electron chi connectivity index (χ2n) is 9.80. The summed E-state index contributed by atoms with van der Waals surface area (Å²) in [5, 5.41) is 14.8. The van der Waals surface area contributed by atoms with Crippen LogP contribution in [-0.2, 0) is 32.9 Å². The van der Waals surface area contributed by atoms with E-state index in [2.05, 4.69) is 10.2 Å². The zero-order chi connectivity index (χ0) is 31.4. The maximum Gasteiger partial charge on any atom is 0.342 e. The molecule has 19 heteroatoms. The van der Waals surface area contributed by atoms with E-state index in [9.17, 15) is 42.0 Å². The van der Waals surface area contributed by atoms with E-state index in [-0.39, 0.29) is 10.8 Å². The number of H-pyrrole nitrogens is 1. The summed E-state index contributed by atoms with van der Waals surface area (Å²) in [7, 11) is -4.76. The normalized spacial score (nSPS) is 25.8. The SMILES string of the molecule is CC(C)OC(=O)C(C)NP(=O)(NC(C)C(=O)OC(C)C)OCC1(C(F)F)OC(n2cc(F)c(=O)[nH]c2=O)C(O)C1F. The molecule has 2 heterocycles. The van der Waals surface area contributed by atoms with Crippen molar-refractivity contribution in [2.75, 3.05) is 6.61 Å². The highest BCUT2D eigenvalue weighted by atomic mass is 31.2. The molecular formula is C22H33F4N4O10P. The van der Waals surface area contributed by atoms with Crippen LogP contribution < -0.4 is 21.4 Å². The number of aliphatic hydroxyl groups is 1. The van der Waals surface area contributed by atoms with Crippen molar-refractivity contribution < 1.29 is 55.6 Å². The lowest BCUT2D eigenvalue weighted by molar-refractivity contribution is -0.183. The first-order valence-corrected chi connectivity index (χ1v) is 14.0. The van der Waals surface area contributed by atoms with Crippen molar-refractivity contribution in [2.24, 2.45) is 0 Å². The predicted molar refractivity (Wildman–Crippen MR) is 132 cm³/mol. The zero-order valence-corrected chi connectivity index (χ0v) is 23.8. The Morgan fingerprint density at radius 3 is 2.02 bits per heavy atom. The Morgan fingerprint density at radius 2 is 1.59 bits per heavy atom. The van der Waals surface area contributed by atoms with E-state index in [1.54, 1.807) is 0 Å². The van der Waals surface area contributed by atoms with Gasteiger partial charge in [-0.15, -0.1) is 0 Å². The summed E-state index contributed by atoms with van der Waals surface area (Å²) >= 11 is 0. The van der Waals surface area contributed by atoms with Crippen molar-refractivity contribution >= 4 is 19.6 Å². The Bertz CT molecular complexity index is 1230. The van der Waals surface area contributed by atoms with Crippen LogP contribution in [0.2, 0.25) is 0 Å². The minimum atomic E-state index is -4.76. The van der Waals surface area contributed by atoms with E-state index in [1.165, 1.54) is 46.5 Å². The maximum absolute atomic E-state index is 15.3. The first-order chi connectivity index (χ1) is 18.8. The lowest BCUT2D eigenvalue weighted by atomic mass is 9.98. The van der Waals surface area contributed by atoms with Crippen LogP contribution in [0.3, 0.4) is 0 Å². The standard InChI is InChI=1S/C22H33F4N4O10P/c1-9(2)38-18(33)11(5)28-41(36,29-12(6)19(34)39-10(3)4)37-8-22(20(25)26)15(24)14(31)17(40-22)30-7-13(23)16(32)27-21(30)35/h7,9-12,14-15,17,20,31H,8H2,1-6H3,(H,27,32,35)(H2,28,29,36). The van der Waals surface area contributed by atoms with E-state index in [4.69, 9.17) is 18.7 Å². The molecule has 4 N–H and O–H groups in total. The number of carbonyl (C=O) groups excluding carboxylic acids is 2. The molecule has 1 aromatic heterocycles. The van der Waals surface area contributed by atoms with Gasteiger partial charge in [0.05, 0.1) is 25.0 Å². The second kappa shape index (κ2) is 13.6. The number of esters is 2. The Balaban J connectivity index is 2.42. The van der Waals surface area contributed by atoms with Crippen LogP contribution in [0.4, 0.5) is 17.6 Å². The Labute approximate surface area is 231 Å². The fourth-order valence-corrected chi connectivity index (χ4v) is 5.44. The van der Waals surface area contributed by atoms with Crippen molar-refractivity contribution in [2.45, 2.75) is 96.4 Å². The van der Waals surface area contributed by atoms with E-state index in [0.717, 1.165) is 0 Å². The highest BCUT2D eigenvalue weighted by molar-refractivity contribution is 7.54. The van der Waals surface area contributed by atoms with Crippen LogP contribution in [0.5, 0.6) is 0 Å². The summed E-state index contributed by atoms with van der Waals surface area (Å²) in [6.45, 7) is 6.87. The van der Waals surface area contributed by atoms with E-state index in [0.29, 0.717) is 0 Å². The Kier molecular flexibility index (Phi) is 11.4. The molecule has 6 unspecified atom stereocenters. The number of hydrogen-bond donors (Lipinski definition) is 4. The van der Waals surface area contributed by atoms with Crippen molar-refractivity contribution in [3.8, 4) is 0 Å². The van der Waals surface area contributed by atoms with Gasteiger partial charge < -0.3 is 23.8 Å². The number of rotatable bonds is 13. The topological polar surface area (TPSA) is 187 Å². The predicted octanol–water partition coefficient (Wildman–Crippen LogP) is 0.892. The largest absolute Gasteiger partial charge is 0.462 e. The summed E-state index contributed by atoms with van der Waals surface area (Å²) in [5.41, 5.74) is -6.28. The van der Waals surface area contributed by atoms with Crippen LogP contribution in [0.25, 0.3) is 0 Å². The third-order valence-electron chi connectivity index (χ3n) is 5.58. The molecule has 0 saturated carbocycles. The first kappa shape index (κ1) is 34.6. The molecule has 1 aliphatic rings. The first-order valence-electron chi connectivity index (χ1n) is 12.3. The smallest absolute Gasteiger partial charge is 0.342 e. The number of nitrogens with one attached hydrogen (secondary N) is 3. The molecule has 2 rings (SSSR count). The minimum Gasteiger partial charge on any atom is -0.462 e. The number of alkyl halides is 3. The Hall–Kier alpha value is -2.63. The van der Waals surface area contributed by atoms with Gasteiger partial charge in [-0.25, -0.2) is 28.1 Å². The molecule has 41 heavy (non-hydrogen) atoms. The molecule has 1 fully saturated rings. The number of hydrogen-bond acceptors (Lipinski definition) is 10. The molecule has 1 aliphatic heterocycles. The van der Waals surface area contributed by atoms with Crippen molar-refractivity contribution in [1.29, 1.82) is 0 Å². The van der Waals surface area contributed by atoms with Crippen molar-refractivity contribution in [3.63, 3.8) is 0 Å². The molecule has 0 radical (unpaired) electrons. The monoisotopic (exact) mass is 620 g/mol. The van der Waals surface area contributed by atoms with E-state index < -0.39 is 98.1 Å². The molecule has 1 saturated heterocycles. The maximum atomic E-state index is 15.3. The molecule has 14 nitrogen and oxygen atoms in total. The van der Waals surface area contributed by atoms with Gasteiger partial charge in [-0.3, -0.25) is 28.5 Å². The lowest BCUT2D eigenvalue weighted by Crippen LogP contribution is -2.52. The van der Waals surface area contributed by atoms with Gasteiger partial charge >= 0.3 is 25.3 Å². The number of aromatic nitrogens is 2. The fraction of sp³-hybridized carbons (Fsp3) is 0.727. The van der Waals surface area contributed by atoms with Crippen LogP contribution in [0.1, 0.15) is 47.8 Å². The summed E-state index contributed by atoms with van der Waals surface area (Å²) in [6, 6.07) is -2.84. The molecule has 6 atom stereocenters. The third kappa shape index (κ3) is 8.23. The van der Waals surface area contributed by atoms with Crippen molar-refractivity contribution in [3.05, 3.63) is 32.9 Å². The number of aliphatic hydroxyl groups excluding tert-OH is 1. The quantitative estimate of drug-likeness (QED) is 0.139. The highest BCUT2D eigenvalue weighted by Gasteiger charge is 2.63. The molecule has 0 amide bonds. The van der Waals surface area contributed by atoms with Gasteiger partial charge in [-0.1, -0.05) is 0 Å². The summed E-state index contributed by atoms with van der Waals surface area (Å²) in [6.07, 6.45) is -12.6.